The monoisotopic (exact) mass is 209 g/mol. The van der Waals surface area contributed by atoms with Crippen molar-refractivity contribution in [1.82, 2.24) is 15.1 Å². The molecule has 2 rings (SSSR count). The summed E-state index contributed by atoms with van der Waals surface area (Å²) >= 11 is 0. The van der Waals surface area contributed by atoms with Crippen LogP contribution in [0.3, 0.4) is 0 Å². The Bertz CT molecular complexity index is 292. The normalized spacial score (nSPS) is 20.7. The molecule has 0 amide bonds. The SMILES string of the molecule is CCCn1cc(OCC2CCCN2)cn1. The van der Waals surface area contributed by atoms with Crippen LogP contribution in [0.4, 0.5) is 0 Å². The third-order valence-electron chi connectivity index (χ3n) is 2.68. The molecule has 0 aromatic carbocycles. The van der Waals surface area contributed by atoms with Crippen molar-refractivity contribution in [2.75, 3.05) is 13.2 Å². The van der Waals surface area contributed by atoms with Crippen molar-refractivity contribution in [3.63, 3.8) is 0 Å². The fourth-order valence-corrected chi connectivity index (χ4v) is 1.87. The van der Waals surface area contributed by atoms with E-state index in [2.05, 4.69) is 17.3 Å². The van der Waals surface area contributed by atoms with E-state index in [4.69, 9.17) is 4.74 Å². The zero-order valence-electron chi connectivity index (χ0n) is 9.28. The van der Waals surface area contributed by atoms with E-state index in [9.17, 15) is 0 Å². The Balaban J connectivity index is 1.77. The van der Waals surface area contributed by atoms with Crippen LogP contribution >= 0.6 is 0 Å². The second-order valence-corrected chi connectivity index (χ2v) is 4.04. The summed E-state index contributed by atoms with van der Waals surface area (Å²) in [6.07, 6.45) is 7.36. The lowest BCUT2D eigenvalue weighted by Crippen LogP contribution is -2.28. The summed E-state index contributed by atoms with van der Waals surface area (Å²) in [5.41, 5.74) is 0. The molecule has 0 aliphatic carbocycles. The number of nitrogens with zero attached hydrogens (tertiary/aromatic N) is 2. The number of hydrogen-bond donors (Lipinski definition) is 1. The van der Waals surface area contributed by atoms with Crippen molar-refractivity contribution in [3.05, 3.63) is 12.4 Å². The van der Waals surface area contributed by atoms with Gasteiger partial charge in [0, 0.05) is 12.6 Å². The Morgan fingerprint density at radius 3 is 3.33 bits per heavy atom. The topological polar surface area (TPSA) is 39.1 Å². The highest BCUT2D eigenvalue weighted by Gasteiger charge is 2.14. The summed E-state index contributed by atoms with van der Waals surface area (Å²) in [6.45, 7) is 5.00. The van der Waals surface area contributed by atoms with Crippen LogP contribution in [0.1, 0.15) is 26.2 Å². The first kappa shape index (κ1) is 10.5. The molecular weight excluding hydrogens is 190 g/mol. The van der Waals surface area contributed by atoms with Crippen molar-refractivity contribution in [3.8, 4) is 5.75 Å². The van der Waals surface area contributed by atoms with Gasteiger partial charge in [0.15, 0.2) is 5.75 Å². The van der Waals surface area contributed by atoms with Crippen LogP contribution in [0, 0.1) is 0 Å². The van der Waals surface area contributed by atoms with Gasteiger partial charge in [0.2, 0.25) is 0 Å². The second kappa shape index (κ2) is 5.16. The van der Waals surface area contributed by atoms with Crippen LogP contribution in [-0.2, 0) is 6.54 Å². The van der Waals surface area contributed by atoms with Gasteiger partial charge in [-0.15, -0.1) is 0 Å². The van der Waals surface area contributed by atoms with Gasteiger partial charge in [-0.25, -0.2) is 0 Å². The molecule has 15 heavy (non-hydrogen) atoms. The van der Waals surface area contributed by atoms with Gasteiger partial charge in [-0.1, -0.05) is 6.92 Å². The van der Waals surface area contributed by atoms with Crippen molar-refractivity contribution in [2.45, 2.75) is 38.8 Å². The number of aromatic nitrogens is 2. The molecule has 1 unspecified atom stereocenters. The first-order valence-electron chi connectivity index (χ1n) is 5.77. The summed E-state index contributed by atoms with van der Waals surface area (Å²) in [4.78, 5) is 0. The quantitative estimate of drug-likeness (QED) is 0.797. The first-order chi connectivity index (χ1) is 7.38. The maximum Gasteiger partial charge on any atom is 0.157 e. The van der Waals surface area contributed by atoms with Gasteiger partial charge in [-0.2, -0.15) is 5.10 Å². The van der Waals surface area contributed by atoms with Gasteiger partial charge in [0.1, 0.15) is 6.61 Å². The lowest BCUT2D eigenvalue weighted by molar-refractivity contribution is 0.277. The highest BCUT2D eigenvalue weighted by Crippen LogP contribution is 2.11. The molecule has 4 heteroatoms. The van der Waals surface area contributed by atoms with Crippen molar-refractivity contribution in [2.24, 2.45) is 0 Å². The van der Waals surface area contributed by atoms with E-state index in [1.54, 1.807) is 6.20 Å². The average Bonchev–Trinajstić information content (AvgIpc) is 2.85. The minimum atomic E-state index is 0.527. The van der Waals surface area contributed by atoms with Gasteiger partial charge in [0.05, 0.1) is 12.4 Å². The molecule has 1 atom stereocenters. The Kier molecular flexibility index (Phi) is 3.61. The second-order valence-electron chi connectivity index (χ2n) is 4.04. The lowest BCUT2D eigenvalue weighted by Gasteiger charge is -2.09. The summed E-state index contributed by atoms with van der Waals surface area (Å²) in [5, 5.41) is 7.63. The molecule has 1 aliphatic rings. The number of hydrogen-bond acceptors (Lipinski definition) is 3. The van der Waals surface area contributed by atoms with E-state index in [1.807, 2.05) is 10.9 Å². The molecule has 1 N–H and O–H groups in total. The zero-order chi connectivity index (χ0) is 10.5. The molecule has 84 valence electrons. The van der Waals surface area contributed by atoms with E-state index in [-0.39, 0.29) is 0 Å². The van der Waals surface area contributed by atoms with Gasteiger partial charge < -0.3 is 10.1 Å². The summed E-state index contributed by atoms with van der Waals surface area (Å²) in [6, 6.07) is 0.527. The van der Waals surface area contributed by atoms with Gasteiger partial charge in [0.25, 0.3) is 0 Å². The highest BCUT2D eigenvalue weighted by atomic mass is 16.5. The fraction of sp³-hybridized carbons (Fsp3) is 0.727. The lowest BCUT2D eigenvalue weighted by atomic mass is 10.2. The Morgan fingerprint density at radius 1 is 1.67 bits per heavy atom. The minimum absolute atomic E-state index is 0.527. The van der Waals surface area contributed by atoms with Crippen LogP contribution in [0.5, 0.6) is 5.75 Å². The van der Waals surface area contributed by atoms with Crippen LogP contribution in [-0.4, -0.2) is 29.0 Å². The Morgan fingerprint density at radius 2 is 2.60 bits per heavy atom. The van der Waals surface area contributed by atoms with E-state index >= 15 is 0 Å². The van der Waals surface area contributed by atoms with Crippen LogP contribution < -0.4 is 10.1 Å². The summed E-state index contributed by atoms with van der Waals surface area (Å²) in [5.74, 6) is 0.886. The number of aryl methyl sites for hydroxylation is 1. The molecular formula is C11H19N3O. The Labute approximate surface area is 90.6 Å². The Hall–Kier alpha value is -1.03. The first-order valence-corrected chi connectivity index (χ1v) is 5.77. The highest BCUT2D eigenvalue weighted by molar-refractivity contribution is 5.11. The molecule has 1 saturated heterocycles. The molecule has 2 heterocycles. The maximum absolute atomic E-state index is 5.67. The van der Waals surface area contributed by atoms with Gasteiger partial charge in [-0.3, -0.25) is 4.68 Å². The van der Waals surface area contributed by atoms with E-state index < -0.39 is 0 Å². The smallest absolute Gasteiger partial charge is 0.157 e. The van der Waals surface area contributed by atoms with Crippen LogP contribution in [0.15, 0.2) is 12.4 Å². The largest absolute Gasteiger partial charge is 0.489 e. The molecule has 0 saturated carbocycles. The minimum Gasteiger partial charge on any atom is -0.489 e. The van der Waals surface area contributed by atoms with E-state index in [0.29, 0.717) is 6.04 Å². The summed E-state index contributed by atoms with van der Waals surface area (Å²) in [7, 11) is 0. The van der Waals surface area contributed by atoms with Crippen molar-refractivity contribution in [1.29, 1.82) is 0 Å². The molecule has 1 fully saturated rings. The molecule has 1 aliphatic heterocycles. The third kappa shape index (κ3) is 2.96. The molecule has 1 aromatic rings. The predicted octanol–water partition coefficient (Wildman–Crippen LogP) is 1.42. The number of nitrogens with one attached hydrogen (secondary N) is 1. The molecule has 0 spiro atoms. The number of rotatable bonds is 5. The van der Waals surface area contributed by atoms with E-state index in [0.717, 1.165) is 31.9 Å². The maximum atomic E-state index is 5.67. The van der Waals surface area contributed by atoms with Crippen LogP contribution in [0.2, 0.25) is 0 Å². The van der Waals surface area contributed by atoms with Crippen molar-refractivity contribution >= 4 is 0 Å². The predicted molar refractivity (Wildman–Crippen MR) is 59.0 cm³/mol. The average molecular weight is 209 g/mol. The van der Waals surface area contributed by atoms with Crippen LogP contribution in [0.25, 0.3) is 0 Å². The fourth-order valence-electron chi connectivity index (χ4n) is 1.87. The molecule has 1 aromatic heterocycles. The van der Waals surface area contributed by atoms with Gasteiger partial charge >= 0.3 is 0 Å². The zero-order valence-corrected chi connectivity index (χ0v) is 9.28. The molecule has 4 nitrogen and oxygen atoms in total. The molecule has 0 radical (unpaired) electrons. The number of ether oxygens (including phenoxy) is 1. The van der Waals surface area contributed by atoms with E-state index in [1.165, 1.54) is 12.8 Å². The van der Waals surface area contributed by atoms with Gasteiger partial charge in [-0.05, 0) is 25.8 Å². The standard InChI is InChI=1S/C11H19N3O/c1-2-6-14-8-11(7-13-14)15-9-10-4-3-5-12-10/h7-8,10,12H,2-6,9H2,1H3. The molecule has 0 bridgehead atoms. The third-order valence-corrected chi connectivity index (χ3v) is 2.68. The van der Waals surface area contributed by atoms with Crippen molar-refractivity contribution < 1.29 is 4.74 Å². The summed E-state index contributed by atoms with van der Waals surface area (Å²) < 4.78 is 7.60.